The Labute approximate surface area is 154 Å². The Morgan fingerprint density at radius 3 is 2.74 bits per heavy atom. The van der Waals surface area contributed by atoms with Gasteiger partial charge in [-0.3, -0.25) is 14.4 Å². The van der Waals surface area contributed by atoms with Crippen molar-refractivity contribution < 1.29 is 24.5 Å². The summed E-state index contributed by atoms with van der Waals surface area (Å²) >= 11 is 0. The Balaban J connectivity index is 2.33. The molecule has 0 saturated heterocycles. The third kappa shape index (κ3) is 4.83. The summed E-state index contributed by atoms with van der Waals surface area (Å²) in [6.07, 6.45) is 2.52. The molecule has 27 heavy (non-hydrogen) atoms. The number of carboxylic acid groups (broad SMARTS) is 1. The van der Waals surface area contributed by atoms with E-state index in [1.807, 2.05) is 6.07 Å². The van der Waals surface area contributed by atoms with Gasteiger partial charge >= 0.3 is 5.97 Å². The molecule has 0 fully saturated rings. The van der Waals surface area contributed by atoms with E-state index < -0.39 is 35.2 Å². The number of carbonyl (C=O) groups excluding carboxylic acids is 1. The zero-order valence-corrected chi connectivity index (χ0v) is 14.4. The minimum absolute atomic E-state index is 0.119. The van der Waals surface area contributed by atoms with E-state index >= 15 is 0 Å². The summed E-state index contributed by atoms with van der Waals surface area (Å²) in [5, 5.41) is 27.4. The Bertz CT molecular complexity index is 1010. The number of nitrogens with zero attached hydrogens (tertiary/aromatic N) is 2. The standard InChI is InChI=1S/C19H16N2O6/c1-12-9-16(23)18(19(26)21(12)11-17(24)25)15(22)6-5-13-3-2-4-14(10-13)27-8-7-20/h2-6,9-10,23H,8,11H2,1H3,(H,24,25)/b6-5+. The quantitative estimate of drug-likeness (QED) is 0.562. The first kappa shape index (κ1) is 19.5. The molecule has 8 heteroatoms. The van der Waals surface area contributed by atoms with Gasteiger partial charge in [0.05, 0.1) is 0 Å². The van der Waals surface area contributed by atoms with Crippen molar-refractivity contribution >= 4 is 17.8 Å². The maximum Gasteiger partial charge on any atom is 0.323 e. The van der Waals surface area contributed by atoms with Gasteiger partial charge in [-0.1, -0.05) is 18.2 Å². The number of carbonyl (C=O) groups is 2. The van der Waals surface area contributed by atoms with Crippen LogP contribution >= 0.6 is 0 Å². The number of nitriles is 1. The summed E-state index contributed by atoms with van der Waals surface area (Å²) in [6.45, 7) is 0.723. The molecule has 0 saturated carbocycles. The first-order valence-corrected chi connectivity index (χ1v) is 7.81. The van der Waals surface area contributed by atoms with Crippen molar-refractivity contribution in [3.05, 3.63) is 63.6 Å². The average molecular weight is 368 g/mol. The molecule has 8 nitrogen and oxygen atoms in total. The fourth-order valence-electron chi connectivity index (χ4n) is 2.39. The van der Waals surface area contributed by atoms with E-state index in [-0.39, 0.29) is 12.3 Å². The van der Waals surface area contributed by atoms with E-state index in [9.17, 15) is 19.5 Å². The van der Waals surface area contributed by atoms with E-state index in [1.54, 1.807) is 24.3 Å². The molecule has 0 spiro atoms. The molecule has 0 amide bonds. The molecule has 2 aromatic rings. The third-order valence-corrected chi connectivity index (χ3v) is 3.61. The van der Waals surface area contributed by atoms with Crippen molar-refractivity contribution in [1.29, 1.82) is 5.26 Å². The molecule has 1 aromatic heterocycles. The van der Waals surface area contributed by atoms with Crippen LogP contribution in [0.4, 0.5) is 0 Å². The summed E-state index contributed by atoms with van der Waals surface area (Å²) in [5.74, 6) is -2.08. The number of aromatic hydroxyl groups is 1. The van der Waals surface area contributed by atoms with Gasteiger partial charge in [-0.25, -0.2) is 0 Å². The second-order valence-electron chi connectivity index (χ2n) is 5.55. The maximum atomic E-state index is 12.4. The maximum absolute atomic E-state index is 12.4. The van der Waals surface area contributed by atoms with E-state index in [0.29, 0.717) is 11.3 Å². The smallest absolute Gasteiger partial charge is 0.323 e. The van der Waals surface area contributed by atoms with Crippen LogP contribution in [0.5, 0.6) is 11.5 Å². The van der Waals surface area contributed by atoms with Crippen LogP contribution in [0.25, 0.3) is 6.08 Å². The zero-order chi connectivity index (χ0) is 20.0. The van der Waals surface area contributed by atoms with Crippen LogP contribution in [-0.2, 0) is 11.3 Å². The van der Waals surface area contributed by atoms with Crippen LogP contribution in [0.15, 0.2) is 41.2 Å². The molecule has 1 aromatic carbocycles. The summed E-state index contributed by atoms with van der Waals surface area (Å²) in [5.41, 5.74) is -0.579. The number of aryl methyl sites for hydroxylation is 1. The van der Waals surface area contributed by atoms with E-state index in [4.69, 9.17) is 15.1 Å². The Morgan fingerprint density at radius 2 is 2.07 bits per heavy atom. The molecule has 0 radical (unpaired) electrons. The number of aromatic nitrogens is 1. The van der Waals surface area contributed by atoms with E-state index in [2.05, 4.69) is 0 Å². The van der Waals surface area contributed by atoms with Gasteiger partial charge in [0.15, 0.2) is 12.4 Å². The van der Waals surface area contributed by atoms with E-state index in [1.165, 1.54) is 19.1 Å². The summed E-state index contributed by atoms with van der Waals surface area (Å²) in [4.78, 5) is 35.7. The number of hydrogen-bond donors (Lipinski definition) is 2. The topological polar surface area (TPSA) is 130 Å². The number of benzene rings is 1. The minimum Gasteiger partial charge on any atom is -0.507 e. The fourth-order valence-corrected chi connectivity index (χ4v) is 2.39. The van der Waals surface area contributed by atoms with Crippen LogP contribution in [0.2, 0.25) is 0 Å². The van der Waals surface area contributed by atoms with Crippen LogP contribution in [0.3, 0.4) is 0 Å². The highest BCUT2D eigenvalue weighted by Gasteiger charge is 2.18. The van der Waals surface area contributed by atoms with Crippen molar-refractivity contribution in [2.75, 3.05) is 6.61 Å². The number of allylic oxidation sites excluding steroid dienone is 1. The van der Waals surface area contributed by atoms with Crippen LogP contribution in [-0.4, -0.2) is 33.1 Å². The largest absolute Gasteiger partial charge is 0.507 e. The molecule has 1 heterocycles. The van der Waals surface area contributed by atoms with Gasteiger partial charge in [0, 0.05) is 11.8 Å². The number of carboxylic acids is 1. The highest BCUT2D eigenvalue weighted by atomic mass is 16.5. The monoisotopic (exact) mass is 368 g/mol. The summed E-state index contributed by atoms with van der Waals surface area (Å²) < 4.78 is 6.06. The van der Waals surface area contributed by atoms with E-state index in [0.717, 1.165) is 10.6 Å². The number of ether oxygens (including phenoxy) is 1. The fraction of sp³-hybridized carbons (Fsp3) is 0.158. The molecule has 2 rings (SSSR count). The Hall–Kier alpha value is -3.86. The lowest BCUT2D eigenvalue weighted by Crippen LogP contribution is -2.30. The van der Waals surface area contributed by atoms with Crippen molar-refractivity contribution in [2.24, 2.45) is 0 Å². The number of pyridine rings is 1. The predicted molar refractivity (Wildman–Crippen MR) is 95.7 cm³/mol. The van der Waals surface area contributed by atoms with Gasteiger partial charge in [-0.2, -0.15) is 5.26 Å². The zero-order valence-electron chi connectivity index (χ0n) is 14.4. The van der Waals surface area contributed by atoms with Crippen molar-refractivity contribution in [1.82, 2.24) is 4.57 Å². The Morgan fingerprint density at radius 1 is 1.33 bits per heavy atom. The summed E-state index contributed by atoms with van der Waals surface area (Å²) in [7, 11) is 0. The highest BCUT2D eigenvalue weighted by Crippen LogP contribution is 2.18. The summed E-state index contributed by atoms with van der Waals surface area (Å²) in [6, 6.07) is 9.60. The predicted octanol–water partition coefficient (Wildman–Crippen LogP) is 1.75. The SMILES string of the molecule is Cc1cc(O)c(C(=O)/C=C/c2cccc(OCC#N)c2)c(=O)n1CC(=O)O. The van der Waals surface area contributed by atoms with Gasteiger partial charge in [0.25, 0.3) is 5.56 Å². The molecule has 2 N–H and O–H groups in total. The lowest BCUT2D eigenvalue weighted by Gasteiger charge is -2.10. The molecule has 138 valence electrons. The molecule has 0 bridgehead atoms. The second kappa shape index (κ2) is 8.49. The van der Waals surface area contributed by atoms with Crippen molar-refractivity contribution in [3.63, 3.8) is 0 Å². The van der Waals surface area contributed by atoms with Gasteiger partial charge in [-0.15, -0.1) is 0 Å². The minimum atomic E-state index is -1.24. The van der Waals surface area contributed by atoms with Crippen LogP contribution in [0, 0.1) is 18.3 Å². The molecule has 0 aliphatic carbocycles. The molecule has 0 atom stereocenters. The third-order valence-electron chi connectivity index (χ3n) is 3.61. The first-order chi connectivity index (χ1) is 12.8. The number of hydrogen-bond acceptors (Lipinski definition) is 6. The van der Waals surface area contributed by atoms with Gasteiger partial charge < -0.3 is 19.5 Å². The number of ketones is 1. The normalized spacial score (nSPS) is 10.5. The van der Waals surface area contributed by atoms with Gasteiger partial charge in [0.1, 0.15) is 29.7 Å². The van der Waals surface area contributed by atoms with Crippen LogP contribution in [0.1, 0.15) is 21.6 Å². The lowest BCUT2D eigenvalue weighted by molar-refractivity contribution is -0.137. The van der Waals surface area contributed by atoms with Crippen molar-refractivity contribution in [2.45, 2.75) is 13.5 Å². The molecular formula is C19H16N2O6. The van der Waals surface area contributed by atoms with Crippen LogP contribution < -0.4 is 10.3 Å². The molecule has 0 unspecified atom stereocenters. The van der Waals surface area contributed by atoms with Gasteiger partial charge in [0.2, 0.25) is 0 Å². The number of rotatable bonds is 7. The molecule has 0 aliphatic heterocycles. The highest BCUT2D eigenvalue weighted by molar-refractivity contribution is 6.08. The number of aliphatic carboxylic acids is 1. The van der Waals surface area contributed by atoms with Crippen molar-refractivity contribution in [3.8, 4) is 17.6 Å². The molecular weight excluding hydrogens is 352 g/mol. The first-order valence-electron chi connectivity index (χ1n) is 7.81. The van der Waals surface area contributed by atoms with Gasteiger partial charge in [-0.05, 0) is 30.7 Å². The second-order valence-corrected chi connectivity index (χ2v) is 5.55. The average Bonchev–Trinajstić information content (AvgIpc) is 2.61. The lowest BCUT2D eigenvalue weighted by atomic mass is 10.1. The molecule has 0 aliphatic rings. The Kier molecular flexibility index (Phi) is 6.12.